The van der Waals surface area contributed by atoms with Crippen molar-refractivity contribution < 1.29 is 18.1 Å². The van der Waals surface area contributed by atoms with Crippen molar-refractivity contribution in [3.8, 4) is 0 Å². The molecule has 30 heavy (non-hydrogen) atoms. The third-order valence-corrected chi connectivity index (χ3v) is 5.71. The van der Waals surface area contributed by atoms with Crippen molar-refractivity contribution in [2.24, 2.45) is 0 Å². The van der Waals surface area contributed by atoms with E-state index >= 15 is 0 Å². The maximum absolute atomic E-state index is 13.5. The first-order valence-corrected chi connectivity index (χ1v) is 9.89. The number of fused-ring (bicyclic) bond motifs is 1. The average Bonchev–Trinajstić information content (AvgIpc) is 3.17. The number of halogens is 3. The van der Waals surface area contributed by atoms with Crippen molar-refractivity contribution in [3.05, 3.63) is 67.6 Å². The number of anilines is 1. The first-order valence-electron chi connectivity index (χ1n) is 9.01. The Balaban J connectivity index is 1.49. The summed E-state index contributed by atoms with van der Waals surface area (Å²) in [7, 11) is 0. The molecule has 4 rings (SSSR count). The summed E-state index contributed by atoms with van der Waals surface area (Å²) in [6, 6.07) is 4.29. The number of non-ortho nitro benzene ring substituents is 1. The number of rotatable bonds is 4. The molecule has 3 heterocycles. The lowest BCUT2D eigenvalue weighted by Crippen LogP contribution is -2.46. The maximum atomic E-state index is 13.5. The number of nitro groups is 1. The highest BCUT2D eigenvalue weighted by atomic mass is 32.1. The van der Waals surface area contributed by atoms with Gasteiger partial charge in [-0.1, -0.05) is 0 Å². The standard InChI is InChI=1S/C18H16F3N5O3S/c19-18(20,21)14-10-13(26(28)29)1-2-15(14)24-5-3-23(4-6-24)11-12-9-16(27)25-7-8-30-17(25)22-12/h1-2,7-10H,3-6,11H2. The summed E-state index contributed by atoms with van der Waals surface area (Å²) in [5, 5.41) is 12.6. The van der Waals surface area contributed by atoms with E-state index in [9.17, 15) is 28.1 Å². The Morgan fingerprint density at radius 1 is 1.17 bits per heavy atom. The molecule has 0 atom stereocenters. The number of piperazine rings is 1. The van der Waals surface area contributed by atoms with Crippen LogP contribution in [0.5, 0.6) is 0 Å². The van der Waals surface area contributed by atoms with Crippen molar-refractivity contribution in [2.75, 3.05) is 31.1 Å². The highest BCUT2D eigenvalue weighted by molar-refractivity contribution is 7.15. The SMILES string of the molecule is O=c1cc(CN2CCN(c3ccc([N+](=O)[O-])cc3C(F)(F)F)CC2)nc2sccn12. The molecule has 0 N–H and O–H groups in total. The predicted octanol–water partition coefficient (Wildman–Crippen LogP) is 3.01. The topological polar surface area (TPSA) is 84.0 Å². The van der Waals surface area contributed by atoms with Crippen molar-refractivity contribution >= 4 is 27.7 Å². The van der Waals surface area contributed by atoms with E-state index in [0.29, 0.717) is 49.4 Å². The molecule has 0 saturated carbocycles. The lowest BCUT2D eigenvalue weighted by atomic mass is 10.1. The van der Waals surface area contributed by atoms with Crippen LogP contribution in [-0.2, 0) is 12.7 Å². The van der Waals surface area contributed by atoms with E-state index in [-0.39, 0.29) is 11.2 Å². The molecule has 0 bridgehead atoms. The molecule has 1 aliphatic heterocycles. The number of thiazole rings is 1. The van der Waals surface area contributed by atoms with E-state index < -0.39 is 22.4 Å². The Bertz CT molecular complexity index is 1150. The first-order chi connectivity index (χ1) is 14.2. The van der Waals surface area contributed by atoms with Gasteiger partial charge in [0.15, 0.2) is 4.96 Å². The van der Waals surface area contributed by atoms with Crippen LogP contribution in [0.15, 0.2) is 40.6 Å². The molecule has 158 valence electrons. The third-order valence-electron chi connectivity index (χ3n) is 4.95. The van der Waals surface area contributed by atoms with Crippen LogP contribution in [-0.4, -0.2) is 45.4 Å². The second-order valence-corrected chi connectivity index (χ2v) is 7.73. The van der Waals surface area contributed by atoms with Crippen molar-refractivity contribution in [2.45, 2.75) is 12.7 Å². The molecule has 8 nitrogen and oxygen atoms in total. The molecule has 3 aromatic rings. The largest absolute Gasteiger partial charge is 0.418 e. The summed E-state index contributed by atoms with van der Waals surface area (Å²) in [6.07, 6.45) is -3.04. The van der Waals surface area contributed by atoms with Gasteiger partial charge < -0.3 is 4.90 Å². The Kier molecular flexibility index (Phi) is 5.20. The molecular weight excluding hydrogens is 423 g/mol. The van der Waals surface area contributed by atoms with Gasteiger partial charge in [0.05, 0.1) is 16.2 Å². The van der Waals surface area contributed by atoms with Gasteiger partial charge in [0.25, 0.3) is 11.2 Å². The highest BCUT2D eigenvalue weighted by Gasteiger charge is 2.37. The minimum absolute atomic E-state index is 0.0656. The smallest absolute Gasteiger partial charge is 0.368 e. The van der Waals surface area contributed by atoms with Gasteiger partial charge >= 0.3 is 6.18 Å². The fraction of sp³-hybridized carbons (Fsp3) is 0.333. The lowest BCUT2D eigenvalue weighted by molar-refractivity contribution is -0.385. The molecular formula is C18H16F3N5O3S. The molecule has 1 aliphatic rings. The van der Waals surface area contributed by atoms with Gasteiger partial charge in [0.2, 0.25) is 0 Å². The monoisotopic (exact) mass is 439 g/mol. The first kappa shape index (κ1) is 20.3. The zero-order chi connectivity index (χ0) is 21.5. The number of nitrogens with zero attached hydrogens (tertiary/aromatic N) is 5. The summed E-state index contributed by atoms with van der Waals surface area (Å²) in [5.41, 5.74) is -1.23. The Morgan fingerprint density at radius 3 is 2.57 bits per heavy atom. The molecule has 2 aromatic heterocycles. The third kappa shape index (κ3) is 4.00. The molecule has 1 aromatic carbocycles. The molecule has 0 unspecified atom stereocenters. The number of aromatic nitrogens is 2. The van der Waals surface area contributed by atoms with Crippen molar-refractivity contribution in [1.29, 1.82) is 0 Å². The Morgan fingerprint density at radius 2 is 1.90 bits per heavy atom. The zero-order valence-electron chi connectivity index (χ0n) is 15.5. The van der Waals surface area contributed by atoms with E-state index in [1.165, 1.54) is 21.8 Å². The molecule has 0 aliphatic carbocycles. The summed E-state index contributed by atoms with van der Waals surface area (Å²) in [4.78, 5) is 30.8. The fourth-order valence-electron chi connectivity index (χ4n) is 3.49. The predicted molar refractivity (Wildman–Crippen MR) is 105 cm³/mol. The molecule has 12 heteroatoms. The van der Waals surface area contributed by atoms with Gasteiger partial charge in [-0.2, -0.15) is 13.2 Å². The normalized spacial score (nSPS) is 15.6. The van der Waals surface area contributed by atoms with Gasteiger partial charge in [-0.25, -0.2) is 4.98 Å². The molecule has 1 saturated heterocycles. The van der Waals surface area contributed by atoms with Crippen LogP contribution in [0, 0.1) is 10.1 Å². The van der Waals surface area contributed by atoms with E-state index in [4.69, 9.17) is 0 Å². The van der Waals surface area contributed by atoms with E-state index in [1.54, 1.807) is 16.5 Å². The minimum atomic E-state index is -4.69. The van der Waals surface area contributed by atoms with Crippen LogP contribution >= 0.6 is 11.3 Å². The van der Waals surface area contributed by atoms with Crippen LogP contribution < -0.4 is 10.5 Å². The molecule has 0 radical (unpaired) electrons. The molecule has 0 amide bonds. The number of alkyl halides is 3. The average molecular weight is 439 g/mol. The fourth-order valence-corrected chi connectivity index (χ4v) is 4.22. The van der Waals surface area contributed by atoms with Gasteiger partial charge in [0.1, 0.15) is 0 Å². The Labute approximate surface area is 171 Å². The molecule has 1 fully saturated rings. The van der Waals surface area contributed by atoms with E-state index in [1.807, 2.05) is 4.90 Å². The second-order valence-electron chi connectivity index (χ2n) is 6.86. The lowest BCUT2D eigenvalue weighted by Gasteiger charge is -2.36. The van der Waals surface area contributed by atoms with Crippen LogP contribution in [0.2, 0.25) is 0 Å². The van der Waals surface area contributed by atoms with Crippen molar-refractivity contribution in [1.82, 2.24) is 14.3 Å². The highest BCUT2D eigenvalue weighted by Crippen LogP contribution is 2.39. The second kappa shape index (κ2) is 7.69. The summed E-state index contributed by atoms with van der Waals surface area (Å²) < 4.78 is 41.8. The van der Waals surface area contributed by atoms with Crippen LogP contribution in [0.25, 0.3) is 4.96 Å². The summed E-state index contributed by atoms with van der Waals surface area (Å²) in [6.45, 7) is 2.01. The van der Waals surface area contributed by atoms with Crippen molar-refractivity contribution in [3.63, 3.8) is 0 Å². The van der Waals surface area contributed by atoms with Gasteiger partial charge in [-0.3, -0.25) is 24.2 Å². The Hall–Kier alpha value is -2.99. The number of nitro benzene ring substituents is 1. The summed E-state index contributed by atoms with van der Waals surface area (Å²) >= 11 is 1.35. The number of benzene rings is 1. The number of hydrogen-bond acceptors (Lipinski definition) is 7. The zero-order valence-corrected chi connectivity index (χ0v) is 16.3. The van der Waals surface area contributed by atoms with Gasteiger partial charge in [-0.05, 0) is 6.07 Å². The quantitative estimate of drug-likeness (QED) is 0.459. The van der Waals surface area contributed by atoms with Gasteiger partial charge in [-0.15, -0.1) is 11.3 Å². The van der Waals surface area contributed by atoms with Crippen LogP contribution in [0.4, 0.5) is 24.5 Å². The summed E-state index contributed by atoms with van der Waals surface area (Å²) in [5.74, 6) is 0. The van der Waals surface area contributed by atoms with E-state index in [2.05, 4.69) is 4.98 Å². The number of hydrogen-bond donors (Lipinski definition) is 0. The van der Waals surface area contributed by atoms with Crippen LogP contribution in [0.3, 0.4) is 0 Å². The van der Waals surface area contributed by atoms with Gasteiger partial charge in [0, 0.05) is 68.2 Å². The molecule has 0 spiro atoms. The minimum Gasteiger partial charge on any atom is -0.368 e. The van der Waals surface area contributed by atoms with E-state index in [0.717, 1.165) is 12.1 Å². The maximum Gasteiger partial charge on any atom is 0.418 e. The van der Waals surface area contributed by atoms with Crippen LogP contribution in [0.1, 0.15) is 11.3 Å².